The van der Waals surface area contributed by atoms with Gasteiger partial charge in [0.05, 0.1) is 12.7 Å². The van der Waals surface area contributed by atoms with Crippen molar-refractivity contribution in [2.24, 2.45) is 0 Å². The van der Waals surface area contributed by atoms with Gasteiger partial charge in [-0.05, 0) is 44.0 Å². The van der Waals surface area contributed by atoms with Crippen LogP contribution in [0.25, 0.3) is 11.0 Å². The zero-order valence-corrected chi connectivity index (χ0v) is 15.2. The van der Waals surface area contributed by atoms with E-state index in [2.05, 4.69) is 0 Å². The van der Waals surface area contributed by atoms with Gasteiger partial charge in [0.1, 0.15) is 17.9 Å². The van der Waals surface area contributed by atoms with E-state index in [-0.39, 0.29) is 6.61 Å². The van der Waals surface area contributed by atoms with Gasteiger partial charge in [-0.2, -0.15) is 0 Å². The topological polar surface area (TPSA) is 65.7 Å². The van der Waals surface area contributed by atoms with Crippen LogP contribution in [0.2, 0.25) is 0 Å². The Kier molecular flexibility index (Phi) is 4.80. The number of hydrogen-bond acceptors (Lipinski definition) is 5. The Balaban J connectivity index is 1.90. The summed E-state index contributed by atoms with van der Waals surface area (Å²) in [5.41, 5.74) is 3.88. The van der Waals surface area contributed by atoms with Crippen LogP contribution in [0.3, 0.4) is 0 Å². The fourth-order valence-electron chi connectivity index (χ4n) is 3.17. The average molecular weight is 352 g/mol. The molecule has 5 nitrogen and oxygen atoms in total. The maximum atomic E-state index is 12.5. The van der Waals surface area contributed by atoms with Crippen molar-refractivity contribution in [3.05, 3.63) is 74.6 Å². The molecule has 3 aromatic rings. The number of hydrogen-bond donors (Lipinski definition) is 0. The third-order valence-corrected chi connectivity index (χ3v) is 4.28. The van der Waals surface area contributed by atoms with Gasteiger partial charge in [0.25, 0.3) is 0 Å². The summed E-state index contributed by atoms with van der Waals surface area (Å²) < 4.78 is 15.8. The molecule has 0 aliphatic heterocycles. The minimum absolute atomic E-state index is 0.0139. The first-order chi connectivity index (χ1) is 12.4. The van der Waals surface area contributed by atoms with Crippen molar-refractivity contribution in [3.8, 4) is 5.75 Å². The molecule has 0 amide bonds. The molecule has 0 fully saturated rings. The number of fused-ring (bicyclic) bond motifs is 1. The molecule has 3 rings (SSSR count). The van der Waals surface area contributed by atoms with Gasteiger partial charge in [-0.25, -0.2) is 9.59 Å². The zero-order valence-electron chi connectivity index (χ0n) is 15.2. The molecule has 0 saturated carbocycles. The fourth-order valence-corrected chi connectivity index (χ4v) is 3.17. The van der Waals surface area contributed by atoms with Gasteiger partial charge in [0.15, 0.2) is 0 Å². The first-order valence-corrected chi connectivity index (χ1v) is 8.25. The molecular weight excluding hydrogens is 332 g/mol. The third-order valence-electron chi connectivity index (χ3n) is 4.28. The number of methoxy groups -OCH3 is 1. The highest BCUT2D eigenvalue weighted by Crippen LogP contribution is 2.24. The summed E-state index contributed by atoms with van der Waals surface area (Å²) in [6.07, 6.45) is 0. The summed E-state index contributed by atoms with van der Waals surface area (Å²) in [7, 11) is 1.54. The predicted octanol–water partition coefficient (Wildman–Crippen LogP) is 4.08. The molecule has 0 N–H and O–H groups in total. The van der Waals surface area contributed by atoms with E-state index >= 15 is 0 Å². The second-order valence-electron chi connectivity index (χ2n) is 6.30. The molecule has 1 heterocycles. The molecule has 0 radical (unpaired) electrons. The number of benzene rings is 2. The lowest BCUT2D eigenvalue weighted by Crippen LogP contribution is -2.11. The van der Waals surface area contributed by atoms with Crippen LogP contribution in [-0.4, -0.2) is 13.1 Å². The Hall–Kier alpha value is -3.08. The van der Waals surface area contributed by atoms with Gasteiger partial charge >= 0.3 is 11.6 Å². The van der Waals surface area contributed by atoms with Crippen molar-refractivity contribution in [1.82, 2.24) is 0 Å². The molecule has 5 heteroatoms. The normalized spacial score (nSPS) is 10.8. The van der Waals surface area contributed by atoms with Crippen LogP contribution in [0.4, 0.5) is 0 Å². The van der Waals surface area contributed by atoms with Gasteiger partial charge in [-0.3, -0.25) is 0 Å². The SMILES string of the molecule is COc1ccc2c(COC(=O)c3c(C)cc(C)cc3C)cc(=O)oc2c1. The Morgan fingerprint density at radius 3 is 2.38 bits per heavy atom. The second kappa shape index (κ2) is 7.04. The lowest BCUT2D eigenvalue weighted by molar-refractivity contribution is 0.0472. The molecule has 0 atom stereocenters. The van der Waals surface area contributed by atoms with Gasteiger partial charge in [-0.1, -0.05) is 17.7 Å². The smallest absolute Gasteiger partial charge is 0.339 e. The van der Waals surface area contributed by atoms with Crippen LogP contribution in [-0.2, 0) is 11.3 Å². The number of rotatable bonds is 4. The molecule has 0 bridgehead atoms. The second-order valence-corrected chi connectivity index (χ2v) is 6.30. The molecule has 0 aliphatic rings. The van der Waals surface area contributed by atoms with Crippen LogP contribution in [0.1, 0.15) is 32.6 Å². The number of ether oxygens (including phenoxy) is 2. The lowest BCUT2D eigenvalue weighted by Gasteiger charge is -2.12. The Labute approximate surface area is 151 Å². The summed E-state index contributed by atoms with van der Waals surface area (Å²) in [4.78, 5) is 24.4. The van der Waals surface area contributed by atoms with E-state index in [9.17, 15) is 9.59 Å². The van der Waals surface area contributed by atoms with Crippen molar-refractivity contribution in [2.75, 3.05) is 7.11 Å². The highest BCUT2D eigenvalue weighted by molar-refractivity contribution is 5.93. The van der Waals surface area contributed by atoms with Crippen LogP contribution in [0, 0.1) is 20.8 Å². The maximum absolute atomic E-state index is 12.5. The van der Waals surface area contributed by atoms with Crippen molar-refractivity contribution in [2.45, 2.75) is 27.4 Å². The van der Waals surface area contributed by atoms with E-state index in [0.717, 1.165) is 16.7 Å². The average Bonchev–Trinajstić information content (AvgIpc) is 2.57. The summed E-state index contributed by atoms with van der Waals surface area (Å²) in [6.45, 7) is 5.74. The molecule has 0 spiro atoms. The van der Waals surface area contributed by atoms with Crippen LogP contribution in [0.15, 0.2) is 45.6 Å². The third kappa shape index (κ3) is 3.47. The Morgan fingerprint density at radius 2 is 1.73 bits per heavy atom. The number of carbonyl (C=O) groups excluding carboxylic acids is 1. The molecule has 134 valence electrons. The van der Waals surface area contributed by atoms with Crippen LogP contribution >= 0.6 is 0 Å². The minimum atomic E-state index is -0.500. The number of esters is 1. The van der Waals surface area contributed by atoms with Crippen molar-refractivity contribution in [3.63, 3.8) is 0 Å². The predicted molar refractivity (Wildman–Crippen MR) is 98.8 cm³/mol. The molecular formula is C21H20O5. The Bertz CT molecular complexity index is 1020. The molecule has 0 aliphatic carbocycles. The van der Waals surface area contributed by atoms with E-state index in [1.807, 2.05) is 32.9 Å². The summed E-state index contributed by atoms with van der Waals surface area (Å²) in [5.74, 6) is 0.176. The minimum Gasteiger partial charge on any atom is -0.497 e. The quantitative estimate of drug-likeness (QED) is 0.523. The molecule has 1 aromatic heterocycles. The Morgan fingerprint density at radius 1 is 1.04 bits per heavy atom. The highest BCUT2D eigenvalue weighted by Gasteiger charge is 2.16. The molecule has 0 saturated heterocycles. The van der Waals surface area contributed by atoms with Gasteiger partial charge in [0.2, 0.25) is 0 Å². The van der Waals surface area contributed by atoms with E-state index in [1.54, 1.807) is 18.2 Å². The maximum Gasteiger partial charge on any atom is 0.339 e. The summed E-state index contributed by atoms with van der Waals surface area (Å²) in [6, 6.07) is 10.4. The van der Waals surface area contributed by atoms with Crippen LogP contribution in [0.5, 0.6) is 5.75 Å². The van der Waals surface area contributed by atoms with E-state index in [4.69, 9.17) is 13.9 Å². The summed E-state index contributed by atoms with van der Waals surface area (Å²) in [5, 5.41) is 0.704. The molecule has 26 heavy (non-hydrogen) atoms. The zero-order chi connectivity index (χ0) is 18.8. The fraction of sp³-hybridized carbons (Fsp3) is 0.238. The molecule has 2 aromatic carbocycles. The van der Waals surface area contributed by atoms with Crippen LogP contribution < -0.4 is 10.4 Å². The van der Waals surface area contributed by atoms with E-state index in [1.165, 1.54) is 13.2 Å². The van der Waals surface area contributed by atoms with Crippen molar-refractivity contribution >= 4 is 16.9 Å². The van der Waals surface area contributed by atoms with Crippen molar-refractivity contribution < 1.29 is 18.7 Å². The first-order valence-electron chi connectivity index (χ1n) is 8.25. The van der Waals surface area contributed by atoms with Gasteiger partial charge < -0.3 is 13.9 Å². The monoisotopic (exact) mass is 352 g/mol. The van der Waals surface area contributed by atoms with Crippen molar-refractivity contribution in [1.29, 1.82) is 0 Å². The van der Waals surface area contributed by atoms with E-state index in [0.29, 0.717) is 27.8 Å². The number of aryl methyl sites for hydroxylation is 3. The largest absolute Gasteiger partial charge is 0.497 e. The van der Waals surface area contributed by atoms with Gasteiger partial charge in [0, 0.05) is 23.1 Å². The van der Waals surface area contributed by atoms with Gasteiger partial charge in [-0.15, -0.1) is 0 Å². The number of carbonyl (C=O) groups is 1. The first kappa shape index (κ1) is 17.7. The summed E-state index contributed by atoms with van der Waals surface area (Å²) >= 11 is 0. The lowest BCUT2D eigenvalue weighted by atomic mass is 10.00. The molecule has 0 unspecified atom stereocenters. The standard InChI is InChI=1S/C21H20O5/c1-12-7-13(2)20(14(3)8-12)21(23)25-11-15-9-19(22)26-18-10-16(24-4)5-6-17(15)18/h5-10H,11H2,1-4H3. The highest BCUT2D eigenvalue weighted by atomic mass is 16.5. The van der Waals surface area contributed by atoms with E-state index < -0.39 is 11.6 Å².